The lowest BCUT2D eigenvalue weighted by molar-refractivity contribution is -0.117. The molecule has 0 saturated carbocycles. The standard InChI is InChI=1S/C20H16N2O3/c21-11-14-18(12-5-2-1-3-6-12)19-15(23)9-13(16-7-4-8-24-16)10-17(19)25-20(14)22/h1-8,13,18H,9-10,22H2. The normalized spacial score (nSPS) is 23.1. The largest absolute Gasteiger partial charge is 0.469 e. The van der Waals surface area contributed by atoms with Gasteiger partial charge in [0.15, 0.2) is 5.78 Å². The zero-order valence-corrected chi connectivity index (χ0v) is 13.4. The molecule has 1 aliphatic carbocycles. The fraction of sp³-hybridized carbons (Fsp3) is 0.200. The van der Waals surface area contributed by atoms with E-state index in [-0.39, 0.29) is 23.2 Å². The summed E-state index contributed by atoms with van der Waals surface area (Å²) in [6, 6.07) is 15.3. The van der Waals surface area contributed by atoms with Crippen LogP contribution in [0.3, 0.4) is 0 Å². The first-order chi connectivity index (χ1) is 12.2. The third kappa shape index (κ3) is 2.52. The lowest BCUT2D eigenvalue weighted by atomic mass is 9.74. The molecule has 5 nitrogen and oxygen atoms in total. The van der Waals surface area contributed by atoms with Crippen molar-refractivity contribution in [1.82, 2.24) is 0 Å². The number of benzene rings is 1. The predicted molar refractivity (Wildman–Crippen MR) is 89.8 cm³/mol. The van der Waals surface area contributed by atoms with E-state index in [1.807, 2.05) is 36.4 Å². The molecule has 1 aromatic carbocycles. The third-order valence-electron chi connectivity index (χ3n) is 4.74. The predicted octanol–water partition coefficient (Wildman–Crippen LogP) is 3.49. The Balaban J connectivity index is 1.80. The van der Waals surface area contributed by atoms with Crippen molar-refractivity contribution in [3.05, 3.63) is 82.8 Å². The first kappa shape index (κ1) is 15.3. The summed E-state index contributed by atoms with van der Waals surface area (Å²) in [5.41, 5.74) is 7.69. The number of carbonyl (C=O) groups excluding carboxylic acids is 1. The van der Waals surface area contributed by atoms with Gasteiger partial charge in [-0.05, 0) is 17.7 Å². The molecule has 0 bridgehead atoms. The van der Waals surface area contributed by atoms with Gasteiger partial charge in [0.1, 0.15) is 23.2 Å². The van der Waals surface area contributed by atoms with E-state index in [2.05, 4.69) is 6.07 Å². The zero-order chi connectivity index (χ0) is 17.4. The number of hydrogen-bond donors (Lipinski definition) is 1. The summed E-state index contributed by atoms with van der Waals surface area (Å²) in [4.78, 5) is 12.9. The number of Topliss-reactive ketones (excluding diaryl/α,β-unsaturated/α-hetero) is 1. The Morgan fingerprint density at radius 1 is 1.12 bits per heavy atom. The van der Waals surface area contributed by atoms with Crippen LogP contribution in [0.5, 0.6) is 0 Å². The highest BCUT2D eigenvalue weighted by molar-refractivity contribution is 6.00. The summed E-state index contributed by atoms with van der Waals surface area (Å²) in [5, 5.41) is 9.56. The van der Waals surface area contributed by atoms with Crippen LogP contribution < -0.4 is 5.73 Å². The maximum Gasteiger partial charge on any atom is 0.205 e. The number of furan rings is 1. The number of allylic oxidation sites excluding steroid dienone is 3. The van der Waals surface area contributed by atoms with Gasteiger partial charge in [0, 0.05) is 24.3 Å². The molecular weight excluding hydrogens is 316 g/mol. The highest BCUT2D eigenvalue weighted by Crippen LogP contribution is 2.46. The molecule has 2 aromatic rings. The number of ketones is 1. The van der Waals surface area contributed by atoms with Gasteiger partial charge in [-0.3, -0.25) is 4.79 Å². The van der Waals surface area contributed by atoms with Crippen molar-refractivity contribution in [3.8, 4) is 6.07 Å². The smallest absolute Gasteiger partial charge is 0.205 e. The van der Waals surface area contributed by atoms with Crippen molar-refractivity contribution in [2.24, 2.45) is 5.73 Å². The van der Waals surface area contributed by atoms with E-state index in [1.54, 1.807) is 12.3 Å². The van der Waals surface area contributed by atoms with Crippen LogP contribution in [0, 0.1) is 11.3 Å². The molecule has 1 aromatic heterocycles. The van der Waals surface area contributed by atoms with Crippen molar-refractivity contribution in [1.29, 1.82) is 5.26 Å². The van der Waals surface area contributed by atoms with Crippen molar-refractivity contribution in [3.63, 3.8) is 0 Å². The van der Waals surface area contributed by atoms with Crippen LogP contribution in [0.2, 0.25) is 0 Å². The summed E-state index contributed by atoms with van der Waals surface area (Å²) in [5.74, 6) is 0.797. The Labute approximate surface area is 145 Å². The van der Waals surface area contributed by atoms with Crippen LogP contribution >= 0.6 is 0 Å². The topological polar surface area (TPSA) is 89.3 Å². The van der Waals surface area contributed by atoms with Gasteiger partial charge in [0.05, 0.1) is 12.2 Å². The summed E-state index contributed by atoms with van der Waals surface area (Å²) in [6.07, 6.45) is 2.45. The molecule has 2 N–H and O–H groups in total. The first-order valence-corrected chi connectivity index (χ1v) is 8.11. The lowest BCUT2D eigenvalue weighted by Crippen LogP contribution is -2.29. The van der Waals surface area contributed by atoms with Gasteiger partial charge in [-0.15, -0.1) is 0 Å². The fourth-order valence-corrected chi connectivity index (χ4v) is 3.61. The molecule has 5 heteroatoms. The molecule has 0 fully saturated rings. The number of nitriles is 1. The molecule has 124 valence electrons. The van der Waals surface area contributed by atoms with Crippen molar-refractivity contribution < 1.29 is 13.9 Å². The van der Waals surface area contributed by atoms with Gasteiger partial charge in [-0.1, -0.05) is 30.3 Å². The van der Waals surface area contributed by atoms with Crippen LogP contribution in [0.15, 0.2) is 75.9 Å². The number of hydrogen-bond acceptors (Lipinski definition) is 5. The highest BCUT2D eigenvalue weighted by Gasteiger charge is 2.41. The Kier molecular flexibility index (Phi) is 3.66. The van der Waals surface area contributed by atoms with E-state index in [0.717, 1.165) is 11.3 Å². The summed E-state index contributed by atoms with van der Waals surface area (Å²) in [7, 11) is 0. The van der Waals surface area contributed by atoms with Gasteiger partial charge < -0.3 is 14.9 Å². The Morgan fingerprint density at radius 3 is 2.60 bits per heavy atom. The van der Waals surface area contributed by atoms with Gasteiger partial charge in [0.25, 0.3) is 0 Å². The minimum Gasteiger partial charge on any atom is -0.469 e. The summed E-state index contributed by atoms with van der Waals surface area (Å²) in [6.45, 7) is 0. The second-order valence-corrected chi connectivity index (χ2v) is 6.22. The molecular formula is C20H16N2O3. The minimum atomic E-state index is -0.472. The van der Waals surface area contributed by atoms with Crippen LogP contribution in [0.1, 0.15) is 36.0 Å². The number of rotatable bonds is 2. The number of ether oxygens (including phenoxy) is 1. The Bertz CT molecular complexity index is 918. The van der Waals surface area contributed by atoms with Crippen molar-refractivity contribution in [2.75, 3.05) is 0 Å². The monoisotopic (exact) mass is 332 g/mol. The number of nitrogens with two attached hydrogens (primary N) is 1. The zero-order valence-electron chi connectivity index (χ0n) is 13.4. The Morgan fingerprint density at radius 2 is 1.92 bits per heavy atom. The molecule has 0 radical (unpaired) electrons. The maximum absolute atomic E-state index is 12.9. The van der Waals surface area contributed by atoms with E-state index < -0.39 is 5.92 Å². The van der Waals surface area contributed by atoms with E-state index in [4.69, 9.17) is 14.9 Å². The van der Waals surface area contributed by atoms with Crippen molar-refractivity contribution >= 4 is 5.78 Å². The van der Waals surface area contributed by atoms with Gasteiger partial charge in [-0.2, -0.15) is 5.26 Å². The number of nitrogens with zero attached hydrogens (tertiary/aromatic N) is 1. The maximum atomic E-state index is 12.9. The number of carbonyl (C=O) groups is 1. The fourth-order valence-electron chi connectivity index (χ4n) is 3.61. The molecule has 0 amide bonds. The van der Waals surface area contributed by atoms with Crippen LogP contribution in [0.4, 0.5) is 0 Å². The SMILES string of the molecule is N#CC1=C(N)OC2=C(C(=O)CC(c3ccco3)C2)C1c1ccccc1. The lowest BCUT2D eigenvalue weighted by Gasteiger charge is -2.33. The van der Waals surface area contributed by atoms with Gasteiger partial charge in [0.2, 0.25) is 5.88 Å². The van der Waals surface area contributed by atoms with Gasteiger partial charge >= 0.3 is 0 Å². The van der Waals surface area contributed by atoms with Crippen LogP contribution in [-0.2, 0) is 9.53 Å². The molecule has 1 aliphatic heterocycles. The molecule has 2 atom stereocenters. The summed E-state index contributed by atoms with van der Waals surface area (Å²) < 4.78 is 11.2. The minimum absolute atomic E-state index is 0.0308. The van der Waals surface area contributed by atoms with E-state index in [0.29, 0.717) is 24.2 Å². The molecule has 2 unspecified atom stereocenters. The molecule has 2 aliphatic rings. The van der Waals surface area contributed by atoms with E-state index in [1.165, 1.54) is 0 Å². The van der Waals surface area contributed by atoms with Crippen molar-refractivity contribution in [2.45, 2.75) is 24.7 Å². The van der Waals surface area contributed by atoms with E-state index >= 15 is 0 Å². The van der Waals surface area contributed by atoms with Crippen LogP contribution in [-0.4, -0.2) is 5.78 Å². The Hall–Kier alpha value is -3.26. The second-order valence-electron chi connectivity index (χ2n) is 6.22. The molecule has 25 heavy (non-hydrogen) atoms. The highest BCUT2D eigenvalue weighted by atomic mass is 16.5. The first-order valence-electron chi connectivity index (χ1n) is 8.11. The quantitative estimate of drug-likeness (QED) is 0.909. The molecule has 2 heterocycles. The van der Waals surface area contributed by atoms with Gasteiger partial charge in [-0.25, -0.2) is 0 Å². The molecule has 4 rings (SSSR count). The summed E-state index contributed by atoms with van der Waals surface area (Å²) >= 11 is 0. The molecule has 0 saturated heterocycles. The average Bonchev–Trinajstić information content (AvgIpc) is 3.16. The third-order valence-corrected chi connectivity index (χ3v) is 4.74. The van der Waals surface area contributed by atoms with E-state index in [9.17, 15) is 10.1 Å². The molecule has 0 spiro atoms. The average molecular weight is 332 g/mol. The second kappa shape index (κ2) is 5.99. The van der Waals surface area contributed by atoms with Crippen LogP contribution in [0.25, 0.3) is 0 Å².